The lowest BCUT2D eigenvalue weighted by Gasteiger charge is -2.38. The molecule has 5 nitrogen and oxygen atoms in total. The minimum atomic E-state index is -0.300. The molecule has 0 bridgehead atoms. The van der Waals surface area contributed by atoms with Crippen molar-refractivity contribution in [3.05, 3.63) is 102 Å². The largest absolute Gasteiger partial charge is 0.491 e. The highest BCUT2D eigenvalue weighted by atomic mass is 16.5. The normalized spacial score (nSPS) is 18.8. The Bertz CT molecular complexity index is 1150. The highest BCUT2D eigenvalue weighted by molar-refractivity contribution is 6.02. The van der Waals surface area contributed by atoms with Crippen LogP contribution in [-0.4, -0.2) is 23.4 Å². The van der Waals surface area contributed by atoms with Crippen molar-refractivity contribution in [1.82, 2.24) is 5.01 Å². The van der Waals surface area contributed by atoms with Crippen LogP contribution < -0.4 is 14.2 Å². The second kappa shape index (κ2) is 9.02. The van der Waals surface area contributed by atoms with E-state index < -0.39 is 0 Å². The quantitative estimate of drug-likeness (QED) is 0.406. The average molecular weight is 441 g/mol. The Morgan fingerprint density at radius 3 is 2.48 bits per heavy atom. The van der Waals surface area contributed by atoms with E-state index >= 15 is 0 Å². The van der Waals surface area contributed by atoms with E-state index in [-0.39, 0.29) is 18.4 Å². The summed E-state index contributed by atoms with van der Waals surface area (Å²) >= 11 is 0. The molecule has 3 aromatic carbocycles. The smallest absolute Gasteiger partial charge is 0.213 e. The molecule has 33 heavy (non-hydrogen) atoms. The summed E-state index contributed by atoms with van der Waals surface area (Å²) in [6.07, 6.45) is 2.40. The molecular formula is C28H28N2O3. The zero-order valence-corrected chi connectivity index (χ0v) is 19.0. The zero-order valence-electron chi connectivity index (χ0n) is 19.0. The lowest BCUT2D eigenvalue weighted by molar-refractivity contribution is -0.0190. The number of rotatable bonds is 7. The number of fused-ring (bicyclic) bond motifs is 3. The van der Waals surface area contributed by atoms with Gasteiger partial charge in [-0.3, -0.25) is 0 Å². The standard InChI is InChI=1S/C28H28N2O3/c1-4-17-31-22-13-9-20(10-14-22)25-18-26-24-7-5-6-8-27(24)33-28(30(26)29-25)21-11-15-23(16-12-21)32-19(2)3/h4-16,19,26,28H,1,17-18H2,2-3H3. The summed E-state index contributed by atoms with van der Waals surface area (Å²) in [5, 5.41) is 7.13. The second-order valence-corrected chi connectivity index (χ2v) is 8.51. The van der Waals surface area contributed by atoms with Gasteiger partial charge in [0.25, 0.3) is 0 Å². The van der Waals surface area contributed by atoms with E-state index in [1.54, 1.807) is 6.08 Å². The second-order valence-electron chi connectivity index (χ2n) is 8.51. The van der Waals surface area contributed by atoms with Gasteiger partial charge in [-0.15, -0.1) is 0 Å². The van der Waals surface area contributed by atoms with Crippen molar-refractivity contribution in [2.75, 3.05) is 6.61 Å². The summed E-state index contributed by atoms with van der Waals surface area (Å²) in [6.45, 7) is 8.24. The maximum atomic E-state index is 6.45. The molecule has 2 aliphatic rings. The topological polar surface area (TPSA) is 43.3 Å². The number of para-hydroxylation sites is 1. The van der Waals surface area contributed by atoms with Gasteiger partial charge in [-0.05, 0) is 74.0 Å². The van der Waals surface area contributed by atoms with E-state index in [1.165, 1.54) is 0 Å². The van der Waals surface area contributed by atoms with E-state index in [0.717, 1.165) is 46.1 Å². The first-order chi connectivity index (χ1) is 16.1. The highest BCUT2D eigenvalue weighted by Crippen LogP contribution is 2.47. The average Bonchev–Trinajstić information content (AvgIpc) is 3.28. The summed E-state index contributed by atoms with van der Waals surface area (Å²) in [7, 11) is 0. The van der Waals surface area contributed by atoms with Crippen LogP contribution in [0.3, 0.4) is 0 Å². The highest BCUT2D eigenvalue weighted by Gasteiger charge is 2.40. The summed E-state index contributed by atoms with van der Waals surface area (Å²) < 4.78 is 17.9. The van der Waals surface area contributed by atoms with E-state index in [1.807, 2.05) is 50.2 Å². The van der Waals surface area contributed by atoms with Crippen LogP contribution in [-0.2, 0) is 0 Å². The van der Waals surface area contributed by atoms with Crippen LogP contribution in [0, 0.1) is 0 Å². The Labute approximate surface area is 194 Å². The summed E-state index contributed by atoms with van der Waals surface area (Å²) in [6, 6.07) is 24.6. The van der Waals surface area contributed by atoms with Gasteiger partial charge in [-0.25, -0.2) is 5.01 Å². The molecule has 2 heterocycles. The molecule has 0 amide bonds. The van der Waals surface area contributed by atoms with Gasteiger partial charge in [0, 0.05) is 17.5 Å². The van der Waals surface area contributed by atoms with Crippen LogP contribution in [0.1, 0.15) is 49.2 Å². The van der Waals surface area contributed by atoms with Crippen molar-refractivity contribution in [3.63, 3.8) is 0 Å². The van der Waals surface area contributed by atoms with Crippen molar-refractivity contribution in [2.24, 2.45) is 5.10 Å². The summed E-state index contributed by atoms with van der Waals surface area (Å²) in [4.78, 5) is 0. The van der Waals surface area contributed by atoms with Crippen molar-refractivity contribution in [1.29, 1.82) is 0 Å². The molecule has 0 N–H and O–H groups in total. The number of ether oxygens (including phenoxy) is 3. The third-order valence-corrected chi connectivity index (χ3v) is 5.79. The molecule has 0 aliphatic carbocycles. The fourth-order valence-electron chi connectivity index (χ4n) is 4.31. The van der Waals surface area contributed by atoms with Crippen LogP contribution in [0.25, 0.3) is 0 Å². The molecule has 168 valence electrons. The lowest BCUT2D eigenvalue weighted by atomic mass is 9.96. The monoisotopic (exact) mass is 440 g/mol. The molecule has 2 atom stereocenters. The Kier molecular flexibility index (Phi) is 5.78. The van der Waals surface area contributed by atoms with Crippen LogP contribution in [0.15, 0.2) is 90.6 Å². The molecule has 0 spiro atoms. The van der Waals surface area contributed by atoms with Crippen molar-refractivity contribution >= 4 is 5.71 Å². The molecule has 0 radical (unpaired) electrons. The molecule has 0 fully saturated rings. The van der Waals surface area contributed by atoms with Crippen LogP contribution in [0.4, 0.5) is 0 Å². The Morgan fingerprint density at radius 2 is 1.76 bits per heavy atom. The first kappa shape index (κ1) is 21.1. The summed E-state index contributed by atoms with van der Waals surface area (Å²) in [5.74, 6) is 2.59. The lowest BCUT2D eigenvalue weighted by Crippen LogP contribution is -2.33. The number of hydrogen-bond acceptors (Lipinski definition) is 5. The number of hydrazone groups is 1. The number of benzene rings is 3. The predicted octanol–water partition coefficient (Wildman–Crippen LogP) is 6.28. The first-order valence-electron chi connectivity index (χ1n) is 11.3. The van der Waals surface area contributed by atoms with Crippen molar-refractivity contribution in [2.45, 2.75) is 38.6 Å². The number of nitrogens with zero attached hydrogens (tertiary/aromatic N) is 2. The van der Waals surface area contributed by atoms with E-state index in [2.05, 4.69) is 48.0 Å². The molecule has 2 unspecified atom stereocenters. The van der Waals surface area contributed by atoms with Gasteiger partial charge in [-0.1, -0.05) is 30.9 Å². The fraction of sp³-hybridized carbons (Fsp3) is 0.250. The van der Waals surface area contributed by atoms with Gasteiger partial charge in [-0.2, -0.15) is 5.10 Å². The Hall–Kier alpha value is -3.73. The molecule has 0 saturated carbocycles. The van der Waals surface area contributed by atoms with Crippen LogP contribution in [0.5, 0.6) is 17.2 Å². The SMILES string of the molecule is C=CCOc1ccc(C2=NN3C(C2)c2ccccc2OC3c2ccc(OC(C)C)cc2)cc1. The van der Waals surface area contributed by atoms with Gasteiger partial charge in [0.05, 0.1) is 17.9 Å². The van der Waals surface area contributed by atoms with Crippen LogP contribution in [0.2, 0.25) is 0 Å². The molecule has 3 aromatic rings. The van der Waals surface area contributed by atoms with Gasteiger partial charge in [0.15, 0.2) is 0 Å². The van der Waals surface area contributed by atoms with Crippen molar-refractivity contribution in [3.8, 4) is 17.2 Å². The van der Waals surface area contributed by atoms with E-state index in [4.69, 9.17) is 19.3 Å². The summed E-state index contributed by atoms with van der Waals surface area (Å²) in [5.41, 5.74) is 4.34. The minimum absolute atomic E-state index is 0.123. The molecule has 2 aliphatic heterocycles. The van der Waals surface area contributed by atoms with Crippen molar-refractivity contribution < 1.29 is 14.2 Å². The molecule has 5 rings (SSSR count). The Balaban J connectivity index is 1.45. The molecular weight excluding hydrogens is 412 g/mol. The maximum absolute atomic E-state index is 6.45. The first-order valence-corrected chi connectivity index (χ1v) is 11.3. The van der Waals surface area contributed by atoms with Gasteiger partial charge in [0.1, 0.15) is 23.9 Å². The maximum Gasteiger partial charge on any atom is 0.213 e. The predicted molar refractivity (Wildman–Crippen MR) is 130 cm³/mol. The number of hydrogen-bond donors (Lipinski definition) is 0. The Morgan fingerprint density at radius 1 is 1.03 bits per heavy atom. The fourth-order valence-corrected chi connectivity index (χ4v) is 4.31. The minimum Gasteiger partial charge on any atom is -0.491 e. The molecule has 0 saturated heterocycles. The third kappa shape index (κ3) is 4.31. The van der Waals surface area contributed by atoms with E-state index in [9.17, 15) is 0 Å². The zero-order chi connectivity index (χ0) is 22.8. The molecule has 5 heteroatoms. The van der Waals surface area contributed by atoms with Gasteiger partial charge < -0.3 is 14.2 Å². The third-order valence-electron chi connectivity index (χ3n) is 5.79. The van der Waals surface area contributed by atoms with Gasteiger partial charge >= 0.3 is 0 Å². The van der Waals surface area contributed by atoms with Crippen LogP contribution >= 0.6 is 0 Å². The van der Waals surface area contributed by atoms with E-state index in [0.29, 0.717) is 6.61 Å². The molecule has 0 aromatic heterocycles. The van der Waals surface area contributed by atoms with Gasteiger partial charge in [0.2, 0.25) is 6.23 Å².